The molecule has 1 aromatic heterocycles. The van der Waals surface area contributed by atoms with E-state index in [-0.39, 0.29) is 62.0 Å². The maximum atomic E-state index is 12.6. The molecule has 4 aromatic carbocycles. The van der Waals surface area contributed by atoms with Gasteiger partial charge in [0.2, 0.25) is 17.0 Å². The number of methoxy groups -OCH3 is 2. The predicted octanol–water partition coefficient (Wildman–Crippen LogP) is 5.36. The zero-order valence-electron chi connectivity index (χ0n) is 22.2. The molecule has 0 fully saturated rings. The number of carbonyl (C=O) groups excluding carboxylic acids is 2. The molecule has 9 heteroatoms. The second-order valence-corrected chi connectivity index (χ2v) is 9.27. The Morgan fingerprint density at radius 1 is 0.683 bits per heavy atom. The molecule has 0 unspecified atom stereocenters. The lowest BCUT2D eigenvalue weighted by Gasteiger charge is -2.19. The van der Waals surface area contributed by atoms with E-state index in [1.54, 1.807) is 44.4 Å². The number of aromatic hydroxyl groups is 3. The van der Waals surface area contributed by atoms with Gasteiger partial charge in [-0.15, -0.1) is 0 Å². The first-order valence-electron chi connectivity index (χ1n) is 12.4. The summed E-state index contributed by atoms with van der Waals surface area (Å²) < 4.78 is 15.7. The zero-order valence-corrected chi connectivity index (χ0v) is 22.2. The zero-order chi connectivity index (χ0) is 29.4. The Hall–Kier alpha value is -5.57. The molecule has 0 radical (unpaired) electrons. The first-order valence-corrected chi connectivity index (χ1v) is 12.4. The van der Waals surface area contributed by atoms with Gasteiger partial charge in [-0.25, -0.2) is 0 Å². The number of ketones is 2. The van der Waals surface area contributed by atoms with Gasteiger partial charge in [0.15, 0.2) is 17.1 Å². The van der Waals surface area contributed by atoms with Crippen LogP contribution in [0.4, 0.5) is 0 Å². The van der Waals surface area contributed by atoms with Gasteiger partial charge in [0, 0.05) is 11.1 Å². The van der Waals surface area contributed by atoms with Gasteiger partial charge in [-0.05, 0) is 60.5 Å². The number of phenolic OH excluding ortho intramolecular Hbond substituents is 3. The van der Waals surface area contributed by atoms with Gasteiger partial charge in [-0.2, -0.15) is 0 Å². The van der Waals surface area contributed by atoms with Gasteiger partial charge in [-0.3, -0.25) is 14.4 Å². The lowest BCUT2D eigenvalue weighted by Crippen LogP contribution is -2.21. The fourth-order valence-electron chi connectivity index (χ4n) is 4.75. The van der Waals surface area contributed by atoms with Crippen molar-refractivity contribution in [3.63, 3.8) is 0 Å². The molecule has 0 spiro atoms. The van der Waals surface area contributed by atoms with Gasteiger partial charge in [-0.1, -0.05) is 24.3 Å². The van der Waals surface area contributed by atoms with Crippen molar-refractivity contribution in [1.29, 1.82) is 0 Å². The van der Waals surface area contributed by atoms with E-state index in [0.29, 0.717) is 22.3 Å². The maximum Gasteiger partial charge on any atom is 0.204 e. The first-order chi connectivity index (χ1) is 19.7. The van der Waals surface area contributed by atoms with E-state index < -0.39 is 5.78 Å². The van der Waals surface area contributed by atoms with Crippen LogP contribution in [-0.4, -0.2) is 41.1 Å². The highest BCUT2D eigenvalue weighted by Gasteiger charge is 2.34. The van der Waals surface area contributed by atoms with Gasteiger partial charge in [0.1, 0.15) is 23.5 Å². The van der Waals surface area contributed by atoms with Crippen molar-refractivity contribution >= 4 is 22.5 Å². The summed E-state index contributed by atoms with van der Waals surface area (Å²) in [4.78, 5) is 37.3. The molecule has 6 rings (SSSR count). The SMILES string of the molecule is COc1ccc(-c2coc3c(OC)c(O)ccc3c2=O)cc1.Cc1cc(O)c2c(c1)C(=O)c1cccc(O)c1C2=O. The predicted molar refractivity (Wildman–Crippen MR) is 151 cm³/mol. The minimum atomic E-state index is -0.528. The lowest BCUT2D eigenvalue weighted by molar-refractivity contribution is 0.0974. The van der Waals surface area contributed by atoms with Gasteiger partial charge < -0.3 is 29.2 Å². The normalized spacial score (nSPS) is 11.8. The molecule has 0 saturated heterocycles. The molecule has 9 nitrogen and oxygen atoms in total. The molecular formula is C32H24O9. The Morgan fingerprint density at radius 2 is 1.39 bits per heavy atom. The Morgan fingerprint density at radius 3 is 2.07 bits per heavy atom. The number of benzene rings is 4. The van der Waals surface area contributed by atoms with E-state index in [4.69, 9.17) is 13.9 Å². The number of carbonyl (C=O) groups is 2. The standard InChI is InChI=1S/C17H14O5.C15H10O4/c1-20-11-5-3-10(4-6-11)13-9-22-16-12(15(13)19)7-8-14(18)17(16)21-2;1-7-5-9-13(11(17)6-7)15(19)12-8(14(9)18)3-2-4-10(12)16/h3-9,18H,1-2H3;2-6,16-17H,1H3. The molecule has 1 aliphatic carbocycles. The van der Waals surface area contributed by atoms with Crippen LogP contribution in [0.2, 0.25) is 0 Å². The largest absolute Gasteiger partial charge is 0.507 e. The van der Waals surface area contributed by atoms with Crippen LogP contribution in [0.5, 0.6) is 28.7 Å². The quantitative estimate of drug-likeness (QED) is 0.264. The van der Waals surface area contributed by atoms with Crippen molar-refractivity contribution in [1.82, 2.24) is 0 Å². The monoisotopic (exact) mass is 552 g/mol. The number of aryl methyl sites for hydroxylation is 1. The molecule has 1 heterocycles. The summed E-state index contributed by atoms with van der Waals surface area (Å²) >= 11 is 0. The van der Waals surface area contributed by atoms with Crippen LogP contribution >= 0.6 is 0 Å². The van der Waals surface area contributed by atoms with Crippen LogP contribution in [0, 0.1) is 6.92 Å². The molecule has 0 bridgehead atoms. The third-order valence-electron chi connectivity index (χ3n) is 6.73. The van der Waals surface area contributed by atoms with E-state index in [2.05, 4.69) is 0 Å². The van der Waals surface area contributed by atoms with E-state index >= 15 is 0 Å². The molecule has 5 aromatic rings. The van der Waals surface area contributed by atoms with Crippen molar-refractivity contribution in [3.05, 3.63) is 111 Å². The highest BCUT2D eigenvalue weighted by Crippen LogP contribution is 2.37. The topological polar surface area (TPSA) is 144 Å². The average Bonchev–Trinajstić information content (AvgIpc) is 2.96. The smallest absolute Gasteiger partial charge is 0.204 e. The highest BCUT2D eigenvalue weighted by atomic mass is 16.5. The van der Waals surface area contributed by atoms with E-state index in [1.807, 2.05) is 0 Å². The number of phenols is 3. The summed E-state index contributed by atoms with van der Waals surface area (Å²) in [6.45, 7) is 1.73. The highest BCUT2D eigenvalue weighted by molar-refractivity contribution is 6.30. The molecule has 1 aliphatic rings. The van der Waals surface area contributed by atoms with Crippen LogP contribution in [-0.2, 0) is 0 Å². The maximum absolute atomic E-state index is 12.6. The Bertz CT molecular complexity index is 1900. The summed E-state index contributed by atoms with van der Waals surface area (Å²) in [6, 6.07) is 17.4. The third kappa shape index (κ3) is 4.63. The number of rotatable bonds is 3. The van der Waals surface area contributed by atoms with Crippen molar-refractivity contribution in [3.8, 4) is 39.9 Å². The third-order valence-corrected chi connectivity index (χ3v) is 6.73. The van der Waals surface area contributed by atoms with Crippen LogP contribution in [0.3, 0.4) is 0 Å². The number of fused-ring (bicyclic) bond motifs is 3. The number of ether oxygens (including phenoxy) is 2. The van der Waals surface area contributed by atoms with E-state index in [1.165, 1.54) is 49.8 Å². The van der Waals surface area contributed by atoms with Crippen LogP contribution in [0.25, 0.3) is 22.1 Å². The second kappa shape index (κ2) is 10.5. The fraction of sp³-hybridized carbons (Fsp3) is 0.0938. The molecule has 3 N–H and O–H groups in total. The Kier molecular flexibility index (Phi) is 6.94. The van der Waals surface area contributed by atoms with Crippen LogP contribution in [0.1, 0.15) is 37.4 Å². The molecule has 0 saturated carbocycles. The van der Waals surface area contributed by atoms with Crippen molar-refractivity contribution in [2.75, 3.05) is 14.2 Å². The minimum absolute atomic E-state index is 0.0374. The van der Waals surface area contributed by atoms with Crippen LogP contribution in [0.15, 0.2) is 82.2 Å². The van der Waals surface area contributed by atoms with Gasteiger partial charge >= 0.3 is 0 Å². The number of hydrogen-bond acceptors (Lipinski definition) is 9. The number of hydrogen-bond donors (Lipinski definition) is 3. The first kappa shape index (κ1) is 27.0. The molecular weight excluding hydrogens is 528 g/mol. The summed E-state index contributed by atoms with van der Waals surface area (Å²) in [5.74, 6) is -0.588. The van der Waals surface area contributed by atoms with E-state index in [0.717, 1.165) is 5.56 Å². The fourth-order valence-corrected chi connectivity index (χ4v) is 4.75. The minimum Gasteiger partial charge on any atom is -0.507 e. The molecule has 0 amide bonds. The summed E-state index contributed by atoms with van der Waals surface area (Å²) in [6.07, 6.45) is 1.37. The molecule has 41 heavy (non-hydrogen) atoms. The Balaban J connectivity index is 0.000000166. The van der Waals surface area contributed by atoms with Gasteiger partial charge in [0.05, 0.1) is 36.3 Å². The summed E-state index contributed by atoms with van der Waals surface area (Å²) in [5, 5.41) is 29.7. The lowest BCUT2D eigenvalue weighted by atomic mass is 9.82. The van der Waals surface area contributed by atoms with Crippen molar-refractivity contribution in [2.24, 2.45) is 0 Å². The van der Waals surface area contributed by atoms with Crippen molar-refractivity contribution < 1.29 is 38.8 Å². The van der Waals surface area contributed by atoms with Crippen molar-refractivity contribution in [2.45, 2.75) is 6.92 Å². The summed E-state index contributed by atoms with van der Waals surface area (Å²) in [5.41, 5.74) is 2.16. The molecule has 0 atom stereocenters. The van der Waals surface area contributed by atoms with E-state index in [9.17, 15) is 29.7 Å². The molecule has 0 aliphatic heterocycles. The average molecular weight is 553 g/mol. The van der Waals surface area contributed by atoms with Crippen LogP contribution < -0.4 is 14.9 Å². The Labute approximate surface area is 233 Å². The second-order valence-electron chi connectivity index (χ2n) is 9.27. The summed E-state index contributed by atoms with van der Waals surface area (Å²) in [7, 11) is 2.99. The van der Waals surface area contributed by atoms with Gasteiger partial charge in [0.25, 0.3) is 0 Å². The molecule has 206 valence electrons.